The van der Waals surface area contributed by atoms with E-state index in [0.717, 1.165) is 18.5 Å². The van der Waals surface area contributed by atoms with Crippen LogP contribution in [-0.4, -0.2) is 72.8 Å². The molecule has 0 N–H and O–H groups in total. The number of hydrogen-bond donors (Lipinski definition) is 0. The van der Waals surface area contributed by atoms with Crippen LogP contribution in [0.2, 0.25) is 12.1 Å². The third-order valence-corrected chi connectivity index (χ3v) is 9.27. The largest absolute Gasteiger partial charge is 0.500 e. The molecule has 0 rings (SSSR count). The van der Waals surface area contributed by atoms with Gasteiger partial charge in [-0.15, -0.1) is 0 Å². The van der Waals surface area contributed by atoms with Crippen LogP contribution >= 0.6 is 0 Å². The van der Waals surface area contributed by atoms with E-state index >= 15 is 0 Å². The van der Waals surface area contributed by atoms with E-state index in [0.29, 0.717) is 19.1 Å². The SMILES string of the molecule is C=CC(=O)OCCC[Si](OC)(OC)OC.CCC[Si](OC)(OC)OC. The van der Waals surface area contributed by atoms with Crippen LogP contribution in [0.5, 0.6) is 0 Å². The predicted molar refractivity (Wildman–Crippen MR) is 99.2 cm³/mol. The summed E-state index contributed by atoms with van der Waals surface area (Å²) in [6, 6.07) is 1.50. The molecular formula is C15H34O8Si2. The van der Waals surface area contributed by atoms with Crippen molar-refractivity contribution in [3.8, 4) is 0 Å². The van der Waals surface area contributed by atoms with Gasteiger partial charge >= 0.3 is 23.6 Å². The normalized spacial score (nSPS) is 11.5. The molecule has 0 aliphatic carbocycles. The lowest BCUT2D eigenvalue weighted by Crippen LogP contribution is -2.42. The maximum atomic E-state index is 10.7. The van der Waals surface area contributed by atoms with Gasteiger partial charge in [0.25, 0.3) is 0 Å². The molecule has 0 atom stereocenters. The van der Waals surface area contributed by atoms with Crippen molar-refractivity contribution < 1.29 is 36.1 Å². The third kappa shape index (κ3) is 10.9. The number of esters is 1. The molecule has 0 spiro atoms. The number of ether oxygens (including phenoxy) is 1. The van der Waals surface area contributed by atoms with Crippen molar-refractivity contribution in [3.05, 3.63) is 12.7 Å². The monoisotopic (exact) mass is 398 g/mol. The summed E-state index contributed by atoms with van der Waals surface area (Å²) < 4.78 is 35.9. The maximum absolute atomic E-state index is 10.7. The van der Waals surface area contributed by atoms with Crippen molar-refractivity contribution in [1.29, 1.82) is 0 Å². The van der Waals surface area contributed by atoms with E-state index in [9.17, 15) is 4.79 Å². The molecule has 0 aromatic heterocycles. The van der Waals surface area contributed by atoms with Gasteiger partial charge in [0.1, 0.15) is 0 Å². The van der Waals surface area contributed by atoms with Crippen molar-refractivity contribution in [2.75, 3.05) is 49.3 Å². The number of carbonyl (C=O) groups is 1. The fourth-order valence-corrected chi connectivity index (χ4v) is 5.35. The molecule has 0 heterocycles. The van der Waals surface area contributed by atoms with Crippen LogP contribution in [0.25, 0.3) is 0 Å². The first-order chi connectivity index (χ1) is 11.9. The summed E-state index contributed by atoms with van der Waals surface area (Å²) in [5.74, 6) is -0.422. The molecule has 0 aromatic carbocycles. The molecule has 0 saturated heterocycles. The lowest BCUT2D eigenvalue weighted by atomic mass is 10.5. The van der Waals surface area contributed by atoms with E-state index < -0.39 is 23.6 Å². The van der Waals surface area contributed by atoms with Crippen LogP contribution in [-0.2, 0) is 36.1 Å². The Labute approximate surface area is 154 Å². The van der Waals surface area contributed by atoms with Gasteiger partial charge < -0.3 is 31.3 Å². The smallest absolute Gasteiger partial charge is 0.463 e. The average Bonchev–Trinajstić information content (AvgIpc) is 2.67. The van der Waals surface area contributed by atoms with Gasteiger partial charge in [0.15, 0.2) is 0 Å². The van der Waals surface area contributed by atoms with Crippen LogP contribution < -0.4 is 0 Å². The molecule has 0 aliphatic heterocycles. The zero-order chi connectivity index (χ0) is 19.8. The molecule has 10 heteroatoms. The topological polar surface area (TPSA) is 81.7 Å². The Morgan fingerprint density at radius 2 is 1.24 bits per heavy atom. The van der Waals surface area contributed by atoms with Crippen molar-refractivity contribution in [1.82, 2.24) is 0 Å². The lowest BCUT2D eigenvalue weighted by Gasteiger charge is -2.23. The molecule has 0 radical (unpaired) electrons. The highest BCUT2D eigenvalue weighted by molar-refractivity contribution is 6.60. The van der Waals surface area contributed by atoms with E-state index in [-0.39, 0.29) is 0 Å². The van der Waals surface area contributed by atoms with Gasteiger partial charge in [-0.05, 0) is 6.42 Å². The van der Waals surface area contributed by atoms with Gasteiger partial charge in [0.2, 0.25) is 0 Å². The van der Waals surface area contributed by atoms with Crippen LogP contribution in [0.15, 0.2) is 12.7 Å². The van der Waals surface area contributed by atoms with Gasteiger partial charge in [-0.3, -0.25) is 0 Å². The first-order valence-electron chi connectivity index (χ1n) is 7.98. The van der Waals surface area contributed by atoms with E-state index in [1.54, 1.807) is 42.7 Å². The minimum absolute atomic E-state index is 0.315. The van der Waals surface area contributed by atoms with Gasteiger partial charge in [-0.25, -0.2) is 4.79 Å². The minimum Gasteiger partial charge on any atom is -0.463 e. The van der Waals surface area contributed by atoms with Crippen molar-refractivity contribution in [2.24, 2.45) is 0 Å². The van der Waals surface area contributed by atoms with Crippen molar-refractivity contribution >= 4 is 23.6 Å². The standard InChI is InChI=1S/C9H18O5Si.C6H16O3Si/c1-5-9(10)14-7-6-8-15(11-2,12-3)13-4;1-5-6-10(7-2,8-3)9-4/h5H,1,6-8H2,2-4H3;5-6H2,1-4H3. The van der Waals surface area contributed by atoms with E-state index in [1.807, 2.05) is 0 Å². The lowest BCUT2D eigenvalue weighted by molar-refractivity contribution is -0.137. The first kappa shape index (κ1) is 26.6. The Morgan fingerprint density at radius 3 is 1.52 bits per heavy atom. The summed E-state index contributed by atoms with van der Waals surface area (Å²) in [4.78, 5) is 10.7. The van der Waals surface area contributed by atoms with Crippen molar-refractivity contribution in [3.63, 3.8) is 0 Å². The molecule has 150 valence electrons. The molecule has 0 amide bonds. The molecule has 0 saturated carbocycles. The zero-order valence-electron chi connectivity index (χ0n) is 16.6. The Balaban J connectivity index is 0. The Hall–Kier alpha value is -0.596. The summed E-state index contributed by atoms with van der Waals surface area (Å²) in [6.07, 6.45) is 2.80. The highest BCUT2D eigenvalue weighted by atomic mass is 28.4. The molecule has 0 fully saturated rings. The van der Waals surface area contributed by atoms with Crippen molar-refractivity contribution in [2.45, 2.75) is 31.9 Å². The molecule has 0 aliphatic rings. The predicted octanol–water partition coefficient (Wildman–Crippen LogP) is 2.26. The summed E-state index contributed by atoms with van der Waals surface area (Å²) in [6.45, 7) is 5.69. The maximum Gasteiger partial charge on any atom is 0.500 e. The van der Waals surface area contributed by atoms with E-state index in [4.69, 9.17) is 31.3 Å². The van der Waals surface area contributed by atoms with Gasteiger partial charge in [0.05, 0.1) is 6.61 Å². The third-order valence-electron chi connectivity index (χ3n) is 3.46. The first-order valence-corrected chi connectivity index (χ1v) is 11.8. The van der Waals surface area contributed by atoms with Gasteiger partial charge in [-0.1, -0.05) is 19.9 Å². The van der Waals surface area contributed by atoms with E-state index in [2.05, 4.69) is 13.5 Å². The quantitative estimate of drug-likeness (QED) is 0.202. The fourth-order valence-electron chi connectivity index (χ4n) is 1.94. The van der Waals surface area contributed by atoms with E-state index in [1.165, 1.54) is 0 Å². The second-order valence-electron chi connectivity index (χ2n) is 4.82. The molecule has 25 heavy (non-hydrogen) atoms. The molecular weight excluding hydrogens is 364 g/mol. The van der Waals surface area contributed by atoms with Crippen LogP contribution in [0.1, 0.15) is 19.8 Å². The van der Waals surface area contributed by atoms with Crippen LogP contribution in [0.3, 0.4) is 0 Å². The highest BCUT2D eigenvalue weighted by Crippen LogP contribution is 2.15. The Kier molecular flexibility index (Phi) is 16.7. The number of carbonyl (C=O) groups excluding carboxylic acids is 1. The number of rotatable bonds is 13. The summed E-state index contributed by atoms with van der Waals surface area (Å²) in [7, 11) is 4.82. The fraction of sp³-hybridized carbons (Fsp3) is 0.800. The average molecular weight is 399 g/mol. The Morgan fingerprint density at radius 1 is 0.840 bits per heavy atom. The van der Waals surface area contributed by atoms with Gasteiger partial charge in [0, 0.05) is 60.8 Å². The molecule has 0 unspecified atom stereocenters. The molecule has 8 nitrogen and oxygen atoms in total. The summed E-state index contributed by atoms with van der Waals surface area (Å²) >= 11 is 0. The Bertz CT molecular complexity index is 330. The highest BCUT2D eigenvalue weighted by Gasteiger charge is 2.37. The van der Waals surface area contributed by atoms with Gasteiger partial charge in [-0.2, -0.15) is 0 Å². The molecule has 0 aromatic rings. The number of hydrogen-bond acceptors (Lipinski definition) is 8. The minimum atomic E-state index is -2.52. The summed E-state index contributed by atoms with van der Waals surface area (Å²) in [5, 5.41) is 0. The molecule has 0 bridgehead atoms. The van der Waals surface area contributed by atoms with Crippen LogP contribution in [0, 0.1) is 0 Å². The zero-order valence-corrected chi connectivity index (χ0v) is 18.6. The summed E-state index contributed by atoms with van der Waals surface area (Å²) in [5.41, 5.74) is 0. The van der Waals surface area contributed by atoms with Crippen LogP contribution in [0.4, 0.5) is 0 Å². The second kappa shape index (κ2) is 15.6. The second-order valence-corrected chi connectivity index (χ2v) is 11.0.